The molecule has 0 aliphatic carbocycles. The number of aromatic nitrogens is 4. The Balaban J connectivity index is 1.82. The van der Waals surface area contributed by atoms with Crippen LogP contribution in [0.5, 0.6) is 0 Å². The second-order valence-electron chi connectivity index (χ2n) is 4.25. The van der Waals surface area contributed by atoms with Gasteiger partial charge in [0.15, 0.2) is 0 Å². The van der Waals surface area contributed by atoms with E-state index in [0.717, 1.165) is 16.9 Å². The predicted octanol–water partition coefficient (Wildman–Crippen LogP) is 0.656. The van der Waals surface area contributed by atoms with Crippen LogP contribution in [0.25, 0.3) is 11.0 Å². The van der Waals surface area contributed by atoms with Gasteiger partial charge in [-0.15, -0.1) is 0 Å². The highest BCUT2D eigenvalue weighted by Crippen LogP contribution is 2.10. The Kier molecular flexibility index (Phi) is 2.75. The maximum atomic E-state index is 11.5. The van der Waals surface area contributed by atoms with Crippen LogP contribution in [0.4, 0.5) is 0 Å². The summed E-state index contributed by atoms with van der Waals surface area (Å²) in [7, 11) is 0. The lowest BCUT2D eigenvalue weighted by Gasteiger charge is -2.01. The van der Waals surface area contributed by atoms with E-state index in [-0.39, 0.29) is 5.56 Å². The van der Waals surface area contributed by atoms with Gasteiger partial charge in [-0.3, -0.25) is 9.78 Å². The molecule has 3 rings (SSSR count). The van der Waals surface area contributed by atoms with Crippen LogP contribution in [0.1, 0.15) is 5.82 Å². The van der Waals surface area contributed by atoms with Gasteiger partial charge in [0.2, 0.25) is 0 Å². The molecular formula is C13H12N4O2. The van der Waals surface area contributed by atoms with Gasteiger partial charge in [-0.05, 0) is 12.1 Å². The normalized spacial score (nSPS) is 10.9. The Labute approximate surface area is 107 Å². The second-order valence-corrected chi connectivity index (χ2v) is 4.25. The number of hydrogen-bond acceptors (Lipinski definition) is 3. The van der Waals surface area contributed by atoms with Gasteiger partial charge in [0.1, 0.15) is 5.82 Å². The summed E-state index contributed by atoms with van der Waals surface area (Å²) in [5.41, 5.74) is 1.10. The molecule has 0 amide bonds. The van der Waals surface area contributed by atoms with Crippen LogP contribution in [0.2, 0.25) is 0 Å². The van der Waals surface area contributed by atoms with Crippen molar-refractivity contribution in [3.8, 4) is 0 Å². The van der Waals surface area contributed by atoms with Crippen molar-refractivity contribution in [1.29, 1.82) is 0 Å². The molecule has 3 aromatic rings. The summed E-state index contributed by atoms with van der Waals surface area (Å²) in [5.74, 6) is 0.819. The minimum Gasteiger partial charge on any atom is -0.342 e. The van der Waals surface area contributed by atoms with Crippen LogP contribution in [0, 0.1) is 0 Å². The molecule has 2 aromatic heterocycles. The molecule has 1 aromatic carbocycles. The maximum absolute atomic E-state index is 11.5. The fourth-order valence-electron chi connectivity index (χ4n) is 1.97. The monoisotopic (exact) mass is 256 g/mol. The fraction of sp³-hybridized carbons (Fsp3) is 0.154. The lowest BCUT2D eigenvalue weighted by atomic mass is 10.3. The molecule has 2 N–H and O–H groups in total. The number of aryl methyl sites for hydroxylation is 2. The molecular weight excluding hydrogens is 244 g/mol. The van der Waals surface area contributed by atoms with Crippen molar-refractivity contribution in [2.75, 3.05) is 0 Å². The molecule has 0 radical (unpaired) electrons. The van der Waals surface area contributed by atoms with E-state index in [2.05, 4.69) is 15.0 Å². The molecule has 0 aliphatic heterocycles. The summed E-state index contributed by atoms with van der Waals surface area (Å²) >= 11 is 0. The molecule has 0 aliphatic rings. The molecule has 0 bridgehead atoms. The van der Waals surface area contributed by atoms with Gasteiger partial charge in [0.25, 0.3) is 5.56 Å². The quantitative estimate of drug-likeness (QED) is 0.722. The van der Waals surface area contributed by atoms with E-state index >= 15 is 0 Å². The maximum Gasteiger partial charge on any atom is 0.328 e. The zero-order valence-electron chi connectivity index (χ0n) is 10.1. The van der Waals surface area contributed by atoms with Gasteiger partial charge >= 0.3 is 5.69 Å². The van der Waals surface area contributed by atoms with Crippen molar-refractivity contribution in [2.45, 2.75) is 13.0 Å². The zero-order chi connectivity index (χ0) is 13.2. The SMILES string of the molecule is O=c1ccn(CCc2nc3ccccc3[nH]2)c(=O)[nH]1. The predicted molar refractivity (Wildman–Crippen MR) is 71.1 cm³/mol. The van der Waals surface area contributed by atoms with Crippen LogP contribution in [0.3, 0.4) is 0 Å². The van der Waals surface area contributed by atoms with Crippen LogP contribution in [-0.4, -0.2) is 19.5 Å². The Morgan fingerprint density at radius 3 is 2.74 bits per heavy atom. The number of benzene rings is 1. The first-order valence-electron chi connectivity index (χ1n) is 5.96. The van der Waals surface area contributed by atoms with Crippen molar-refractivity contribution in [2.24, 2.45) is 0 Å². The molecule has 0 fully saturated rings. The Hall–Kier alpha value is -2.63. The topological polar surface area (TPSA) is 83.5 Å². The average molecular weight is 256 g/mol. The third-order valence-corrected chi connectivity index (χ3v) is 2.92. The van der Waals surface area contributed by atoms with Crippen LogP contribution in [0.15, 0.2) is 46.1 Å². The second kappa shape index (κ2) is 4.56. The van der Waals surface area contributed by atoms with E-state index in [1.165, 1.54) is 16.8 Å². The average Bonchev–Trinajstić information content (AvgIpc) is 2.80. The summed E-state index contributed by atoms with van der Waals surface area (Å²) < 4.78 is 1.45. The van der Waals surface area contributed by atoms with Crippen molar-refractivity contribution < 1.29 is 0 Å². The Bertz CT molecular complexity index is 795. The highest BCUT2D eigenvalue weighted by Gasteiger charge is 2.03. The molecule has 0 atom stereocenters. The molecule has 2 heterocycles. The number of H-pyrrole nitrogens is 2. The van der Waals surface area contributed by atoms with Gasteiger partial charge in [-0.2, -0.15) is 0 Å². The third-order valence-electron chi connectivity index (χ3n) is 2.92. The van der Waals surface area contributed by atoms with Crippen LogP contribution in [-0.2, 0) is 13.0 Å². The van der Waals surface area contributed by atoms with E-state index in [9.17, 15) is 9.59 Å². The molecule has 0 unspecified atom stereocenters. The largest absolute Gasteiger partial charge is 0.342 e. The summed E-state index contributed by atoms with van der Waals surface area (Å²) in [4.78, 5) is 32.3. The molecule has 19 heavy (non-hydrogen) atoms. The summed E-state index contributed by atoms with van der Waals surface area (Å²) in [5, 5.41) is 0. The fourth-order valence-corrected chi connectivity index (χ4v) is 1.97. The number of nitrogens with one attached hydrogen (secondary N) is 2. The van der Waals surface area contributed by atoms with Gasteiger partial charge in [0.05, 0.1) is 11.0 Å². The number of nitrogens with zero attached hydrogens (tertiary/aromatic N) is 2. The highest BCUT2D eigenvalue weighted by atomic mass is 16.2. The number of fused-ring (bicyclic) bond motifs is 1. The molecule has 0 saturated heterocycles. The van der Waals surface area contributed by atoms with Crippen LogP contribution < -0.4 is 11.2 Å². The minimum atomic E-state index is -0.399. The lowest BCUT2D eigenvalue weighted by molar-refractivity contribution is 0.632. The van der Waals surface area contributed by atoms with E-state index in [1.807, 2.05) is 24.3 Å². The number of para-hydroxylation sites is 2. The number of imidazole rings is 1. The molecule has 0 spiro atoms. The first-order chi connectivity index (χ1) is 9.22. The number of rotatable bonds is 3. The summed E-state index contributed by atoms with van der Waals surface area (Å²) in [6.07, 6.45) is 2.09. The van der Waals surface area contributed by atoms with Crippen molar-refractivity contribution in [1.82, 2.24) is 19.5 Å². The van der Waals surface area contributed by atoms with Crippen LogP contribution >= 0.6 is 0 Å². The minimum absolute atomic E-state index is 0.384. The van der Waals surface area contributed by atoms with E-state index < -0.39 is 5.69 Å². The van der Waals surface area contributed by atoms with Crippen molar-refractivity contribution >= 4 is 11.0 Å². The Morgan fingerprint density at radius 1 is 1.11 bits per heavy atom. The van der Waals surface area contributed by atoms with Crippen molar-refractivity contribution in [3.05, 3.63) is 63.2 Å². The third kappa shape index (κ3) is 2.33. The summed E-state index contributed by atoms with van der Waals surface area (Å²) in [6.45, 7) is 0.468. The Morgan fingerprint density at radius 2 is 1.95 bits per heavy atom. The molecule has 0 saturated carbocycles. The molecule has 6 nitrogen and oxygen atoms in total. The number of hydrogen-bond donors (Lipinski definition) is 2. The first kappa shape index (κ1) is 11.5. The van der Waals surface area contributed by atoms with E-state index in [1.54, 1.807) is 0 Å². The van der Waals surface area contributed by atoms with Crippen molar-refractivity contribution in [3.63, 3.8) is 0 Å². The molecule has 96 valence electrons. The van der Waals surface area contributed by atoms with E-state index in [4.69, 9.17) is 0 Å². The summed E-state index contributed by atoms with van der Waals surface area (Å²) in [6, 6.07) is 9.09. The first-order valence-corrected chi connectivity index (χ1v) is 5.96. The van der Waals surface area contributed by atoms with Gasteiger partial charge in [0, 0.05) is 25.2 Å². The lowest BCUT2D eigenvalue weighted by Crippen LogP contribution is -2.29. The number of aromatic amines is 2. The van der Waals surface area contributed by atoms with E-state index in [0.29, 0.717) is 13.0 Å². The van der Waals surface area contributed by atoms with Gasteiger partial charge < -0.3 is 9.55 Å². The van der Waals surface area contributed by atoms with Gasteiger partial charge in [-0.25, -0.2) is 9.78 Å². The highest BCUT2D eigenvalue weighted by molar-refractivity contribution is 5.74. The zero-order valence-corrected chi connectivity index (χ0v) is 10.1. The van der Waals surface area contributed by atoms with Gasteiger partial charge in [-0.1, -0.05) is 12.1 Å². The molecule has 6 heteroatoms. The standard InChI is InChI=1S/C13H12N4O2/c18-12-6-8-17(13(19)16-12)7-5-11-14-9-3-1-2-4-10(9)15-11/h1-4,6,8H,5,7H2,(H,14,15)(H,16,18,19). The smallest absolute Gasteiger partial charge is 0.328 e.